The minimum Gasteiger partial charge on any atom is -0.375 e. The van der Waals surface area contributed by atoms with Gasteiger partial charge in [0, 0.05) is 7.11 Å². The van der Waals surface area contributed by atoms with E-state index >= 15 is 0 Å². The first kappa shape index (κ1) is 10.5. The second-order valence-corrected chi connectivity index (χ2v) is 3.23. The molecule has 0 bridgehead atoms. The molecule has 0 aliphatic heterocycles. The number of aromatic nitrogens is 2. The van der Waals surface area contributed by atoms with Crippen LogP contribution in [0, 0.1) is 0 Å². The Morgan fingerprint density at radius 1 is 1.38 bits per heavy atom. The minimum absolute atomic E-state index is 0.00844. The van der Waals surface area contributed by atoms with Gasteiger partial charge in [-0.1, -0.05) is 12.1 Å². The number of para-hydroxylation sites is 2. The van der Waals surface area contributed by atoms with Gasteiger partial charge in [-0.2, -0.15) is 0 Å². The van der Waals surface area contributed by atoms with Crippen LogP contribution in [0.4, 0.5) is 5.82 Å². The second kappa shape index (κ2) is 4.67. The van der Waals surface area contributed by atoms with Crippen molar-refractivity contribution in [1.29, 1.82) is 0 Å². The third-order valence-corrected chi connectivity index (χ3v) is 1.99. The molecule has 82 valence electrons. The molecule has 1 amide bonds. The predicted octanol–water partition coefficient (Wildman–Crippen LogP) is 1.21. The van der Waals surface area contributed by atoms with E-state index in [-0.39, 0.29) is 12.5 Å². The lowest BCUT2D eigenvalue weighted by atomic mass is 10.3. The monoisotopic (exact) mass is 217 g/mol. The number of benzene rings is 1. The minimum atomic E-state index is -0.243. The fourth-order valence-corrected chi connectivity index (χ4v) is 1.33. The highest BCUT2D eigenvalue weighted by molar-refractivity contribution is 5.91. The number of ether oxygens (including phenoxy) is 1. The number of carbonyl (C=O) groups is 1. The largest absolute Gasteiger partial charge is 0.375 e. The Morgan fingerprint density at radius 3 is 2.88 bits per heavy atom. The number of methoxy groups -OCH3 is 1. The van der Waals surface area contributed by atoms with Crippen LogP contribution in [0.25, 0.3) is 11.0 Å². The normalized spacial score (nSPS) is 10.3. The zero-order valence-electron chi connectivity index (χ0n) is 8.80. The van der Waals surface area contributed by atoms with Gasteiger partial charge in [-0.25, -0.2) is 4.98 Å². The quantitative estimate of drug-likeness (QED) is 0.839. The number of fused-ring (bicyclic) bond motifs is 1. The fraction of sp³-hybridized carbons (Fsp3) is 0.182. The van der Waals surface area contributed by atoms with Crippen LogP contribution in [0.1, 0.15) is 0 Å². The Labute approximate surface area is 92.5 Å². The van der Waals surface area contributed by atoms with Gasteiger partial charge in [0.25, 0.3) is 5.91 Å². The molecule has 0 aliphatic rings. The summed E-state index contributed by atoms with van der Waals surface area (Å²) in [4.78, 5) is 19.7. The molecule has 5 nitrogen and oxygen atoms in total. The van der Waals surface area contributed by atoms with E-state index < -0.39 is 0 Å². The fourth-order valence-electron chi connectivity index (χ4n) is 1.33. The number of rotatable bonds is 3. The third-order valence-electron chi connectivity index (χ3n) is 1.99. The van der Waals surface area contributed by atoms with Gasteiger partial charge in [0.05, 0.1) is 17.2 Å². The van der Waals surface area contributed by atoms with E-state index in [9.17, 15) is 4.79 Å². The summed E-state index contributed by atoms with van der Waals surface area (Å²) < 4.78 is 4.70. The Bertz CT molecular complexity index is 513. The Morgan fingerprint density at radius 2 is 2.12 bits per heavy atom. The van der Waals surface area contributed by atoms with Crippen molar-refractivity contribution in [3.05, 3.63) is 30.5 Å². The SMILES string of the molecule is COCC(=O)Nc1cnc2ccccc2n1. The molecule has 0 fully saturated rings. The van der Waals surface area contributed by atoms with Gasteiger partial charge in [-0.3, -0.25) is 9.78 Å². The molecule has 2 aromatic rings. The average Bonchev–Trinajstić information content (AvgIpc) is 2.29. The van der Waals surface area contributed by atoms with Crippen LogP contribution in [0.5, 0.6) is 0 Å². The van der Waals surface area contributed by atoms with Gasteiger partial charge in [-0.15, -0.1) is 0 Å². The Hall–Kier alpha value is -2.01. The number of carbonyl (C=O) groups excluding carboxylic acids is 1. The van der Waals surface area contributed by atoms with Crippen LogP contribution in [0.15, 0.2) is 30.5 Å². The topological polar surface area (TPSA) is 64.1 Å². The Balaban J connectivity index is 2.22. The number of amides is 1. The molecule has 0 saturated carbocycles. The molecule has 16 heavy (non-hydrogen) atoms. The van der Waals surface area contributed by atoms with Crippen molar-refractivity contribution in [2.45, 2.75) is 0 Å². The van der Waals surface area contributed by atoms with E-state index in [0.717, 1.165) is 11.0 Å². The van der Waals surface area contributed by atoms with Crippen LogP contribution >= 0.6 is 0 Å². The summed E-state index contributed by atoms with van der Waals surface area (Å²) in [6.45, 7) is 0.00844. The highest BCUT2D eigenvalue weighted by Gasteiger charge is 2.03. The van der Waals surface area contributed by atoms with Crippen molar-refractivity contribution < 1.29 is 9.53 Å². The number of hydrogen-bond acceptors (Lipinski definition) is 4. The van der Waals surface area contributed by atoms with Gasteiger partial charge in [-0.05, 0) is 12.1 Å². The standard InChI is InChI=1S/C11H11N3O2/c1-16-7-11(15)14-10-6-12-8-4-2-3-5-9(8)13-10/h2-6H,7H2,1H3,(H,13,14,15). The lowest BCUT2D eigenvalue weighted by molar-refractivity contribution is -0.119. The molecule has 0 radical (unpaired) electrons. The van der Waals surface area contributed by atoms with E-state index in [4.69, 9.17) is 4.74 Å². The zero-order valence-corrected chi connectivity index (χ0v) is 8.80. The first-order valence-electron chi connectivity index (χ1n) is 4.80. The first-order valence-corrected chi connectivity index (χ1v) is 4.80. The molecule has 1 aromatic heterocycles. The molecular formula is C11H11N3O2. The summed E-state index contributed by atoms with van der Waals surface area (Å²) in [7, 11) is 1.46. The van der Waals surface area contributed by atoms with E-state index in [1.165, 1.54) is 13.3 Å². The molecule has 2 rings (SSSR count). The van der Waals surface area contributed by atoms with Gasteiger partial charge in [0.1, 0.15) is 6.61 Å². The van der Waals surface area contributed by atoms with Crippen LogP contribution in [0.2, 0.25) is 0 Å². The highest BCUT2D eigenvalue weighted by atomic mass is 16.5. The maximum atomic E-state index is 11.2. The summed E-state index contributed by atoms with van der Waals surface area (Å²) in [6, 6.07) is 7.47. The van der Waals surface area contributed by atoms with Crippen molar-refractivity contribution in [3.63, 3.8) is 0 Å². The van der Waals surface area contributed by atoms with Crippen molar-refractivity contribution >= 4 is 22.8 Å². The number of nitrogens with one attached hydrogen (secondary N) is 1. The van der Waals surface area contributed by atoms with Gasteiger partial charge in [0.2, 0.25) is 0 Å². The maximum absolute atomic E-state index is 11.2. The molecule has 5 heteroatoms. The third kappa shape index (κ3) is 2.32. The number of hydrogen-bond donors (Lipinski definition) is 1. The van der Waals surface area contributed by atoms with Crippen molar-refractivity contribution in [1.82, 2.24) is 9.97 Å². The van der Waals surface area contributed by atoms with Crippen molar-refractivity contribution in [2.75, 3.05) is 19.0 Å². The molecule has 0 saturated heterocycles. The van der Waals surface area contributed by atoms with E-state index in [1.807, 2.05) is 24.3 Å². The summed E-state index contributed by atoms with van der Waals surface area (Å²) >= 11 is 0. The maximum Gasteiger partial charge on any atom is 0.251 e. The number of anilines is 1. The first-order chi connectivity index (χ1) is 7.79. The summed E-state index contributed by atoms with van der Waals surface area (Å²) in [5, 5.41) is 2.60. The van der Waals surface area contributed by atoms with E-state index in [0.29, 0.717) is 5.82 Å². The summed E-state index contributed by atoms with van der Waals surface area (Å²) in [5.41, 5.74) is 1.55. The smallest absolute Gasteiger partial charge is 0.251 e. The summed E-state index contributed by atoms with van der Waals surface area (Å²) in [6.07, 6.45) is 1.52. The Kier molecular flexibility index (Phi) is 3.07. The molecule has 1 N–H and O–H groups in total. The van der Waals surface area contributed by atoms with Crippen LogP contribution in [-0.4, -0.2) is 29.6 Å². The molecule has 1 heterocycles. The average molecular weight is 217 g/mol. The van der Waals surface area contributed by atoms with Gasteiger partial charge in [0.15, 0.2) is 5.82 Å². The molecular weight excluding hydrogens is 206 g/mol. The van der Waals surface area contributed by atoms with Crippen LogP contribution in [-0.2, 0) is 9.53 Å². The lowest BCUT2D eigenvalue weighted by Crippen LogP contribution is -2.18. The van der Waals surface area contributed by atoms with Crippen LogP contribution < -0.4 is 5.32 Å². The molecule has 0 aliphatic carbocycles. The van der Waals surface area contributed by atoms with Crippen molar-refractivity contribution in [3.8, 4) is 0 Å². The van der Waals surface area contributed by atoms with E-state index in [1.54, 1.807) is 0 Å². The van der Waals surface area contributed by atoms with Gasteiger partial charge < -0.3 is 10.1 Å². The van der Waals surface area contributed by atoms with Crippen molar-refractivity contribution in [2.24, 2.45) is 0 Å². The summed E-state index contributed by atoms with van der Waals surface area (Å²) in [5.74, 6) is 0.188. The second-order valence-electron chi connectivity index (χ2n) is 3.23. The van der Waals surface area contributed by atoms with E-state index in [2.05, 4.69) is 15.3 Å². The predicted molar refractivity (Wildman–Crippen MR) is 60.0 cm³/mol. The zero-order chi connectivity index (χ0) is 11.4. The molecule has 0 unspecified atom stereocenters. The van der Waals surface area contributed by atoms with Gasteiger partial charge >= 0.3 is 0 Å². The molecule has 0 atom stereocenters. The van der Waals surface area contributed by atoms with Crippen LogP contribution in [0.3, 0.4) is 0 Å². The molecule has 0 spiro atoms. The molecule has 1 aromatic carbocycles. The highest BCUT2D eigenvalue weighted by Crippen LogP contribution is 2.10. The lowest BCUT2D eigenvalue weighted by Gasteiger charge is -2.03. The number of nitrogens with zero attached hydrogens (tertiary/aromatic N) is 2.